The molecule has 2 aromatic carbocycles. The van der Waals surface area contributed by atoms with Gasteiger partial charge in [0.05, 0.1) is 14.2 Å². The van der Waals surface area contributed by atoms with Gasteiger partial charge in [-0.15, -0.1) is 0 Å². The molecule has 0 aliphatic carbocycles. The van der Waals surface area contributed by atoms with Gasteiger partial charge in [0.1, 0.15) is 5.75 Å². The van der Waals surface area contributed by atoms with Gasteiger partial charge < -0.3 is 24.8 Å². The molecule has 0 aliphatic rings. The Morgan fingerprint density at radius 2 is 1.75 bits per heavy atom. The summed E-state index contributed by atoms with van der Waals surface area (Å²) in [4.78, 5) is 11.9. The summed E-state index contributed by atoms with van der Waals surface area (Å²) in [5.74, 6) is 1.91. The topological polar surface area (TPSA) is 68.8 Å². The maximum Gasteiger partial charge on any atom is 0.321 e. The van der Waals surface area contributed by atoms with Crippen molar-refractivity contribution in [2.75, 3.05) is 26.3 Å². The first-order valence-electron chi connectivity index (χ1n) is 7.65. The lowest BCUT2D eigenvalue weighted by Crippen LogP contribution is -2.32. The van der Waals surface area contributed by atoms with Crippen molar-refractivity contribution in [1.82, 2.24) is 5.32 Å². The summed E-state index contributed by atoms with van der Waals surface area (Å²) in [5, 5.41) is 5.37. The van der Waals surface area contributed by atoms with Gasteiger partial charge in [-0.3, -0.25) is 0 Å². The van der Waals surface area contributed by atoms with E-state index >= 15 is 0 Å². The molecule has 0 spiro atoms. The number of aryl methyl sites for hydroxylation is 1. The van der Waals surface area contributed by atoms with Crippen LogP contribution >= 0.6 is 0 Å². The van der Waals surface area contributed by atoms with Gasteiger partial charge in [-0.05, 0) is 30.2 Å². The minimum absolute atomic E-state index is 0.0795. The number of carbonyl (C=O) groups excluding carboxylic acids is 1. The third-order valence-corrected chi connectivity index (χ3v) is 3.46. The van der Waals surface area contributed by atoms with Gasteiger partial charge in [0.25, 0.3) is 0 Å². The lowest BCUT2D eigenvalue weighted by atomic mass is 10.1. The summed E-state index contributed by atoms with van der Waals surface area (Å²) in [6.07, 6.45) is 0.869. The van der Waals surface area contributed by atoms with Crippen LogP contribution in [0.15, 0.2) is 42.5 Å². The van der Waals surface area contributed by atoms with Crippen molar-refractivity contribution in [1.29, 1.82) is 0 Å². The van der Waals surface area contributed by atoms with Gasteiger partial charge >= 0.3 is 6.03 Å². The van der Waals surface area contributed by atoms with E-state index in [1.54, 1.807) is 32.4 Å². The van der Waals surface area contributed by atoms with E-state index in [1.165, 1.54) is 0 Å². The molecule has 0 bridgehead atoms. The highest BCUT2D eigenvalue weighted by Gasteiger charge is 2.07. The number of hydrogen-bond donors (Lipinski definition) is 2. The number of nitrogens with one attached hydrogen (secondary N) is 2. The van der Waals surface area contributed by atoms with Crippen LogP contribution in [0.2, 0.25) is 0 Å². The molecular weight excluding hydrogens is 308 g/mol. The summed E-state index contributed by atoms with van der Waals surface area (Å²) in [6, 6.07) is 12.5. The molecule has 2 rings (SSSR count). The minimum atomic E-state index is -0.365. The van der Waals surface area contributed by atoms with Gasteiger partial charge in [0.2, 0.25) is 0 Å². The molecule has 0 atom stereocenters. The van der Waals surface area contributed by atoms with Crippen LogP contribution in [0.3, 0.4) is 0 Å². The second kappa shape index (κ2) is 8.67. The highest BCUT2D eigenvalue weighted by Crippen LogP contribution is 2.29. The molecule has 0 aromatic heterocycles. The Bertz CT molecular complexity index is 688. The predicted molar refractivity (Wildman–Crippen MR) is 93.0 cm³/mol. The Morgan fingerprint density at radius 1 is 1.00 bits per heavy atom. The van der Waals surface area contributed by atoms with Crippen LogP contribution in [0.5, 0.6) is 17.2 Å². The maximum atomic E-state index is 11.9. The first kappa shape index (κ1) is 17.5. The van der Waals surface area contributed by atoms with Crippen molar-refractivity contribution in [3.8, 4) is 17.2 Å². The largest absolute Gasteiger partial charge is 0.493 e. The highest BCUT2D eigenvalue weighted by atomic mass is 16.5. The van der Waals surface area contributed by atoms with E-state index in [-0.39, 0.29) is 12.8 Å². The quantitative estimate of drug-likeness (QED) is 0.763. The van der Waals surface area contributed by atoms with Crippen LogP contribution in [0.25, 0.3) is 0 Å². The summed E-state index contributed by atoms with van der Waals surface area (Å²) >= 11 is 0. The Morgan fingerprint density at radius 3 is 2.46 bits per heavy atom. The molecule has 6 heteroatoms. The number of benzene rings is 2. The number of ether oxygens (including phenoxy) is 3. The van der Waals surface area contributed by atoms with E-state index < -0.39 is 0 Å². The molecule has 0 fully saturated rings. The molecule has 0 heterocycles. The Kier molecular flexibility index (Phi) is 6.31. The first-order chi connectivity index (χ1) is 11.7. The number of anilines is 1. The van der Waals surface area contributed by atoms with Crippen molar-refractivity contribution in [2.45, 2.75) is 13.3 Å². The highest BCUT2D eigenvalue weighted by molar-refractivity contribution is 5.89. The average molecular weight is 330 g/mol. The van der Waals surface area contributed by atoms with Crippen molar-refractivity contribution < 1.29 is 19.0 Å². The number of hydrogen-bond acceptors (Lipinski definition) is 4. The Hall–Kier alpha value is -2.89. The van der Waals surface area contributed by atoms with Crippen molar-refractivity contribution in [3.05, 3.63) is 48.0 Å². The van der Waals surface area contributed by atoms with Crippen molar-refractivity contribution in [3.63, 3.8) is 0 Å². The Labute approximate surface area is 141 Å². The second-order valence-corrected chi connectivity index (χ2v) is 4.95. The molecule has 2 aromatic rings. The van der Waals surface area contributed by atoms with Gasteiger partial charge in [-0.1, -0.05) is 25.1 Å². The lowest BCUT2D eigenvalue weighted by Gasteiger charge is -2.13. The normalized spacial score (nSPS) is 9.96. The first-order valence-corrected chi connectivity index (χ1v) is 7.65. The molecule has 128 valence electrons. The summed E-state index contributed by atoms with van der Waals surface area (Å²) < 4.78 is 16.0. The van der Waals surface area contributed by atoms with E-state index in [0.29, 0.717) is 17.2 Å². The number of para-hydroxylation sites is 1. The molecule has 24 heavy (non-hydrogen) atoms. The number of methoxy groups -OCH3 is 2. The number of rotatable bonds is 7. The lowest BCUT2D eigenvalue weighted by molar-refractivity contribution is 0.234. The average Bonchev–Trinajstić information content (AvgIpc) is 2.62. The number of amides is 2. The minimum Gasteiger partial charge on any atom is -0.493 e. The fourth-order valence-electron chi connectivity index (χ4n) is 2.21. The van der Waals surface area contributed by atoms with Crippen LogP contribution in [0, 0.1) is 0 Å². The van der Waals surface area contributed by atoms with Crippen molar-refractivity contribution in [2.24, 2.45) is 0 Å². The second-order valence-electron chi connectivity index (χ2n) is 4.95. The van der Waals surface area contributed by atoms with Crippen LogP contribution in [0.4, 0.5) is 10.5 Å². The standard InChI is InChI=1S/C18H22N2O4/c1-4-13-7-5-6-8-15(13)24-12-19-18(21)20-14-9-10-16(22-2)17(11-14)23-3/h5-11H,4,12H2,1-3H3,(H2,19,20,21). The summed E-state index contributed by atoms with van der Waals surface area (Å²) in [6.45, 7) is 2.13. The zero-order chi connectivity index (χ0) is 17.4. The van der Waals surface area contributed by atoms with E-state index in [0.717, 1.165) is 17.7 Å². The Balaban J connectivity index is 1.87. The predicted octanol–water partition coefficient (Wildman–Crippen LogP) is 3.42. The SMILES string of the molecule is CCc1ccccc1OCNC(=O)Nc1ccc(OC)c(OC)c1. The van der Waals surface area contributed by atoms with E-state index in [2.05, 4.69) is 17.6 Å². The fourth-order valence-corrected chi connectivity index (χ4v) is 2.21. The summed E-state index contributed by atoms with van der Waals surface area (Å²) in [5.41, 5.74) is 1.69. The van der Waals surface area contributed by atoms with Gasteiger partial charge in [-0.25, -0.2) is 4.79 Å². The van der Waals surface area contributed by atoms with Crippen LogP contribution in [-0.4, -0.2) is 27.0 Å². The number of urea groups is 1. The molecule has 2 N–H and O–H groups in total. The summed E-state index contributed by atoms with van der Waals surface area (Å²) in [7, 11) is 3.10. The van der Waals surface area contributed by atoms with Gasteiger partial charge in [0, 0.05) is 11.8 Å². The molecule has 0 saturated carbocycles. The third-order valence-electron chi connectivity index (χ3n) is 3.46. The van der Waals surface area contributed by atoms with E-state index in [9.17, 15) is 4.79 Å². The molecule has 0 aliphatic heterocycles. The molecule has 0 radical (unpaired) electrons. The molecule has 2 amide bonds. The smallest absolute Gasteiger partial charge is 0.321 e. The van der Waals surface area contributed by atoms with Gasteiger partial charge in [0.15, 0.2) is 18.2 Å². The van der Waals surface area contributed by atoms with Crippen molar-refractivity contribution >= 4 is 11.7 Å². The molecule has 0 saturated heterocycles. The van der Waals surface area contributed by atoms with E-state index in [4.69, 9.17) is 14.2 Å². The zero-order valence-electron chi connectivity index (χ0n) is 14.1. The maximum absolute atomic E-state index is 11.9. The van der Waals surface area contributed by atoms with Crippen LogP contribution in [0.1, 0.15) is 12.5 Å². The van der Waals surface area contributed by atoms with Crippen LogP contribution < -0.4 is 24.8 Å². The van der Waals surface area contributed by atoms with E-state index in [1.807, 2.05) is 24.3 Å². The molecular formula is C18H22N2O4. The monoisotopic (exact) mass is 330 g/mol. The van der Waals surface area contributed by atoms with Crippen LogP contribution in [-0.2, 0) is 6.42 Å². The number of carbonyl (C=O) groups is 1. The van der Waals surface area contributed by atoms with Gasteiger partial charge in [-0.2, -0.15) is 0 Å². The third kappa shape index (κ3) is 4.55. The zero-order valence-corrected chi connectivity index (χ0v) is 14.1. The fraction of sp³-hybridized carbons (Fsp3) is 0.278. The molecule has 0 unspecified atom stereocenters. The molecule has 6 nitrogen and oxygen atoms in total.